The molecule has 1 aromatic carbocycles. The van der Waals surface area contributed by atoms with E-state index in [-0.39, 0.29) is 22.6 Å². The highest BCUT2D eigenvalue weighted by molar-refractivity contribution is 5.81. The molecule has 2 saturated heterocycles. The lowest BCUT2D eigenvalue weighted by atomic mass is 9.97. The molecule has 2 atom stereocenters. The summed E-state index contributed by atoms with van der Waals surface area (Å²) >= 11 is 0. The van der Waals surface area contributed by atoms with Crippen LogP contribution in [0, 0.1) is 16.0 Å². The zero-order valence-corrected chi connectivity index (χ0v) is 15.2. The minimum Gasteiger partial charge on any atom is -0.354 e. The molecule has 2 fully saturated rings. The maximum absolute atomic E-state index is 12.1. The summed E-state index contributed by atoms with van der Waals surface area (Å²) in [6.45, 7) is 4.74. The zero-order valence-electron chi connectivity index (χ0n) is 15.2. The Balaban J connectivity index is 1.40. The van der Waals surface area contributed by atoms with E-state index in [9.17, 15) is 14.9 Å². The van der Waals surface area contributed by atoms with Crippen LogP contribution in [0.1, 0.15) is 31.2 Å². The van der Waals surface area contributed by atoms with Crippen molar-refractivity contribution in [3.63, 3.8) is 0 Å². The fourth-order valence-corrected chi connectivity index (χ4v) is 3.87. The Morgan fingerprint density at radius 2 is 2.08 bits per heavy atom. The minimum atomic E-state index is -0.367. The molecule has 2 N–H and O–H groups in total. The van der Waals surface area contributed by atoms with Crippen LogP contribution in [0.2, 0.25) is 0 Å². The van der Waals surface area contributed by atoms with Crippen molar-refractivity contribution >= 4 is 11.6 Å². The van der Waals surface area contributed by atoms with Gasteiger partial charge < -0.3 is 15.5 Å². The van der Waals surface area contributed by atoms with Crippen LogP contribution in [-0.4, -0.2) is 54.5 Å². The maximum Gasteiger partial charge on any atom is 0.269 e. The molecule has 2 heterocycles. The van der Waals surface area contributed by atoms with Gasteiger partial charge in [0.1, 0.15) is 0 Å². The number of benzene rings is 1. The van der Waals surface area contributed by atoms with E-state index >= 15 is 0 Å². The van der Waals surface area contributed by atoms with Gasteiger partial charge in [0.25, 0.3) is 5.69 Å². The Labute approximate surface area is 154 Å². The summed E-state index contributed by atoms with van der Waals surface area (Å²) in [5.74, 6) is 0.650. The van der Waals surface area contributed by atoms with Crippen molar-refractivity contribution < 1.29 is 9.72 Å². The van der Waals surface area contributed by atoms with Gasteiger partial charge in [-0.25, -0.2) is 0 Å². The van der Waals surface area contributed by atoms with Crippen molar-refractivity contribution in [1.82, 2.24) is 15.5 Å². The Hall–Kier alpha value is -1.99. The first-order chi connectivity index (χ1) is 12.6. The molecule has 0 bridgehead atoms. The first kappa shape index (κ1) is 18.8. The summed E-state index contributed by atoms with van der Waals surface area (Å²) in [6.07, 6.45) is 5.23. The summed E-state index contributed by atoms with van der Waals surface area (Å²) in [5.41, 5.74) is 1.26. The fraction of sp³-hybridized carbons (Fsp3) is 0.632. The van der Waals surface area contributed by atoms with Crippen molar-refractivity contribution in [1.29, 1.82) is 0 Å². The van der Waals surface area contributed by atoms with Crippen molar-refractivity contribution in [3.8, 4) is 0 Å². The van der Waals surface area contributed by atoms with Crippen LogP contribution in [-0.2, 0) is 11.2 Å². The molecule has 0 spiro atoms. The normalized spacial score (nSPS) is 23.7. The molecule has 2 aliphatic rings. The van der Waals surface area contributed by atoms with Crippen molar-refractivity contribution in [2.75, 3.05) is 32.7 Å². The summed E-state index contributed by atoms with van der Waals surface area (Å²) in [5, 5.41) is 17.1. The number of hydrogen-bond acceptors (Lipinski definition) is 5. The van der Waals surface area contributed by atoms with Crippen molar-refractivity contribution in [2.24, 2.45) is 5.92 Å². The van der Waals surface area contributed by atoms with Gasteiger partial charge >= 0.3 is 0 Å². The topological polar surface area (TPSA) is 87.5 Å². The third kappa shape index (κ3) is 5.25. The lowest BCUT2D eigenvalue weighted by Crippen LogP contribution is -2.45. The molecular weight excluding hydrogens is 332 g/mol. The lowest BCUT2D eigenvalue weighted by molar-refractivity contribution is -0.384. The van der Waals surface area contributed by atoms with Gasteiger partial charge in [0, 0.05) is 31.8 Å². The van der Waals surface area contributed by atoms with E-state index in [1.165, 1.54) is 0 Å². The van der Waals surface area contributed by atoms with Gasteiger partial charge in [-0.3, -0.25) is 14.9 Å². The molecule has 142 valence electrons. The zero-order chi connectivity index (χ0) is 18.4. The fourth-order valence-electron chi connectivity index (χ4n) is 3.87. The first-order valence-corrected chi connectivity index (χ1v) is 9.58. The molecule has 0 aliphatic carbocycles. The van der Waals surface area contributed by atoms with Crippen molar-refractivity contribution in [2.45, 2.75) is 38.1 Å². The van der Waals surface area contributed by atoms with E-state index in [2.05, 4.69) is 15.5 Å². The number of carbonyl (C=O) groups excluding carboxylic acids is 1. The molecule has 0 radical (unpaired) electrons. The maximum atomic E-state index is 12.1. The SMILES string of the molecule is O=C(NCC1CCCN(CCc2ccc([N+](=O)[O-])cc2)C1)C1CCCN1. The number of nitrogens with one attached hydrogen (secondary N) is 2. The average molecular weight is 360 g/mol. The minimum absolute atomic E-state index is 0.00293. The lowest BCUT2D eigenvalue weighted by Gasteiger charge is -2.33. The highest BCUT2D eigenvalue weighted by atomic mass is 16.6. The number of hydrogen-bond donors (Lipinski definition) is 2. The van der Waals surface area contributed by atoms with E-state index in [4.69, 9.17) is 0 Å². The summed E-state index contributed by atoms with van der Waals surface area (Å²) < 4.78 is 0. The number of likely N-dealkylation sites (tertiary alicyclic amines) is 1. The van der Waals surface area contributed by atoms with Crippen LogP contribution in [0.25, 0.3) is 0 Å². The smallest absolute Gasteiger partial charge is 0.269 e. The standard InChI is InChI=1S/C19H28N4O3/c24-19(18-4-1-10-20-18)21-13-16-3-2-11-22(14-16)12-9-15-5-7-17(8-6-15)23(25)26/h5-8,16,18,20H,1-4,9-14H2,(H,21,24). The Morgan fingerprint density at radius 1 is 1.27 bits per heavy atom. The van der Waals surface area contributed by atoms with Crippen LogP contribution in [0.5, 0.6) is 0 Å². The van der Waals surface area contributed by atoms with Gasteiger partial charge in [-0.2, -0.15) is 0 Å². The largest absolute Gasteiger partial charge is 0.354 e. The summed E-state index contributed by atoms with van der Waals surface area (Å²) in [6, 6.07) is 6.82. The van der Waals surface area contributed by atoms with Gasteiger partial charge in [-0.15, -0.1) is 0 Å². The summed E-state index contributed by atoms with van der Waals surface area (Å²) in [4.78, 5) is 24.9. The number of nitro groups is 1. The quantitative estimate of drug-likeness (QED) is 0.571. The highest BCUT2D eigenvalue weighted by Gasteiger charge is 2.24. The molecule has 1 amide bonds. The van der Waals surface area contributed by atoms with Gasteiger partial charge in [0.2, 0.25) is 5.91 Å². The Bertz CT molecular complexity index is 614. The van der Waals surface area contributed by atoms with E-state index in [1.807, 2.05) is 12.1 Å². The van der Waals surface area contributed by atoms with Crippen LogP contribution in [0.4, 0.5) is 5.69 Å². The van der Waals surface area contributed by atoms with Crippen LogP contribution in [0.15, 0.2) is 24.3 Å². The van der Waals surface area contributed by atoms with Gasteiger partial charge in [-0.05, 0) is 56.7 Å². The van der Waals surface area contributed by atoms with Crippen LogP contribution in [0.3, 0.4) is 0 Å². The van der Waals surface area contributed by atoms with Crippen LogP contribution >= 0.6 is 0 Å². The average Bonchev–Trinajstić information content (AvgIpc) is 3.20. The number of non-ortho nitro benzene ring substituents is 1. The predicted octanol–water partition coefficient (Wildman–Crippen LogP) is 1.72. The monoisotopic (exact) mass is 360 g/mol. The van der Waals surface area contributed by atoms with Gasteiger partial charge in [-0.1, -0.05) is 12.1 Å². The molecule has 1 aromatic rings. The second-order valence-electron chi connectivity index (χ2n) is 7.38. The highest BCUT2D eigenvalue weighted by Crippen LogP contribution is 2.17. The molecule has 7 heteroatoms. The first-order valence-electron chi connectivity index (χ1n) is 9.58. The number of nitro benzene ring substituents is 1. The van der Waals surface area contributed by atoms with Crippen molar-refractivity contribution in [3.05, 3.63) is 39.9 Å². The molecule has 2 unspecified atom stereocenters. The van der Waals surface area contributed by atoms with E-state index in [0.717, 1.165) is 70.4 Å². The molecule has 2 aliphatic heterocycles. The van der Waals surface area contributed by atoms with Gasteiger partial charge in [0.05, 0.1) is 11.0 Å². The second kappa shape index (κ2) is 9.09. The summed E-state index contributed by atoms with van der Waals surface area (Å²) in [7, 11) is 0. The molecular formula is C19H28N4O3. The molecule has 3 rings (SSSR count). The number of piperidine rings is 1. The van der Waals surface area contributed by atoms with E-state index in [0.29, 0.717) is 5.92 Å². The predicted molar refractivity (Wildman–Crippen MR) is 100.0 cm³/mol. The molecule has 26 heavy (non-hydrogen) atoms. The van der Waals surface area contributed by atoms with Gasteiger partial charge in [0.15, 0.2) is 0 Å². The number of amides is 1. The third-order valence-electron chi connectivity index (χ3n) is 5.41. The third-order valence-corrected chi connectivity index (χ3v) is 5.41. The second-order valence-corrected chi connectivity index (χ2v) is 7.38. The molecule has 0 saturated carbocycles. The number of carbonyl (C=O) groups is 1. The Morgan fingerprint density at radius 3 is 2.77 bits per heavy atom. The number of nitrogens with zero attached hydrogens (tertiary/aromatic N) is 2. The molecule has 7 nitrogen and oxygen atoms in total. The van der Waals surface area contributed by atoms with E-state index in [1.54, 1.807) is 12.1 Å². The Kier molecular flexibility index (Phi) is 6.57. The van der Waals surface area contributed by atoms with Crippen LogP contribution < -0.4 is 10.6 Å². The molecule has 0 aromatic heterocycles. The van der Waals surface area contributed by atoms with E-state index < -0.39 is 0 Å². The number of rotatable bonds is 7.